The molecule has 4 N–H and O–H groups in total. The van der Waals surface area contributed by atoms with Crippen molar-refractivity contribution >= 4 is 28.2 Å². The molecule has 1 aromatic heterocycles. The number of nitrogens with two attached hydrogens (primary N) is 1. The van der Waals surface area contributed by atoms with E-state index >= 15 is 0 Å². The van der Waals surface area contributed by atoms with Gasteiger partial charge in [-0.25, -0.2) is 4.39 Å². The lowest BCUT2D eigenvalue weighted by Gasteiger charge is -2.06. The summed E-state index contributed by atoms with van der Waals surface area (Å²) in [6, 6.07) is 7.19. The molecule has 0 saturated carbocycles. The van der Waals surface area contributed by atoms with Crippen molar-refractivity contribution in [2.45, 2.75) is 26.3 Å². The molecule has 0 aliphatic carbocycles. The molecular weight excluding hydrogens is 329 g/mol. The van der Waals surface area contributed by atoms with Crippen LogP contribution >= 0.6 is 11.3 Å². The summed E-state index contributed by atoms with van der Waals surface area (Å²) in [5.41, 5.74) is 6.65. The second-order valence-corrected chi connectivity index (χ2v) is 6.66. The van der Waals surface area contributed by atoms with E-state index in [-0.39, 0.29) is 17.5 Å². The maximum atomic E-state index is 13.2. The summed E-state index contributed by atoms with van der Waals surface area (Å²) in [4.78, 5) is 24.8. The van der Waals surface area contributed by atoms with E-state index in [1.54, 1.807) is 13.0 Å². The highest BCUT2D eigenvalue weighted by Crippen LogP contribution is 2.27. The lowest BCUT2D eigenvalue weighted by atomic mass is 10.2. The SMILES string of the molecule is Cc1cc(NC(=O)c2cccc(F)c2)sc1C(=O)NCCC(C)N. The number of benzene rings is 1. The molecule has 0 radical (unpaired) electrons. The number of carbonyl (C=O) groups is 2. The minimum Gasteiger partial charge on any atom is -0.351 e. The molecule has 0 spiro atoms. The molecule has 0 bridgehead atoms. The van der Waals surface area contributed by atoms with Crippen LogP contribution in [0.4, 0.5) is 9.39 Å². The minimum atomic E-state index is -0.473. The van der Waals surface area contributed by atoms with Crippen LogP contribution in [0.5, 0.6) is 0 Å². The molecule has 0 aliphatic rings. The van der Waals surface area contributed by atoms with Gasteiger partial charge in [0.25, 0.3) is 11.8 Å². The number of hydrogen-bond acceptors (Lipinski definition) is 4. The molecular formula is C17H20FN3O2S. The monoisotopic (exact) mass is 349 g/mol. The van der Waals surface area contributed by atoms with Gasteiger partial charge in [-0.2, -0.15) is 0 Å². The summed E-state index contributed by atoms with van der Waals surface area (Å²) >= 11 is 1.18. The third kappa shape index (κ3) is 4.87. The van der Waals surface area contributed by atoms with Crippen molar-refractivity contribution in [3.63, 3.8) is 0 Å². The van der Waals surface area contributed by atoms with E-state index in [0.29, 0.717) is 22.8 Å². The van der Waals surface area contributed by atoms with E-state index in [9.17, 15) is 14.0 Å². The van der Waals surface area contributed by atoms with Gasteiger partial charge in [-0.15, -0.1) is 11.3 Å². The Hall–Kier alpha value is -2.25. The molecule has 1 heterocycles. The maximum Gasteiger partial charge on any atom is 0.261 e. The van der Waals surface area contributed by atoms with Gasteiger partial charge in [0.1, 0.15) is 5.82 Å². The summed E-state index contributed by atoms with van der Waals surface area (Å²) in [5, 5.41) is 6.04. The molecule has 5 nitrogen and oxygen atoms in total. The van der Waals surface area contributed by atoms with E-state index < -0.39 is 11.7 Å². The number of nitrogens with one attached hydrogen (secondary N) is 2. The largest absolute Gasteiger partial charge is 0.351 e. The lowest BCUT2D eigenvalue weighted by molar-refractivity contribution is 0.0955. The first-order valence-corrected chi connectivity index (χ1v) is 8.39. The van der Waals surface area contributed by atoms with Gasteiger partial charge in [0.2, 0.25) is 0 Å². The van der Waals surface area contributed by atoms with Gasteiger partial charge in [0.15, 0.2) is 0 Å². The van der Waals surface area contributed by atoms with Crippen molar-refractivity contribution in [1.82, 2.24) is 5.32 Å². The van der Waals surface area contributed by atoms with Crippen LogP contribution in [0.25, 0.3) is 0 Å². The molecule has 7 heteroatoms. The van der Waals surface area contributed by atoms with Gasteiger partial charge in [-0.3, -0.25) is 9.59 Å². The smallest absolute Gasteiger partial charge is 0.261 e. The van der Waals surface area contributed by atoms with Gasteiger partial charge >= 0.3 is 0 Å². The standard InChI is InChI=1S/C17H20FN3O2S/c1-10-8-14(21-16(22)12-4-3-5-13(18)9-12)24-15(10)17(23)20-7-6-11(2)19/h3-5,8-9,11H,6-7,19H2,1-2H3,(H,20,23)(H,21,22). The quantitative estimate of drug-likeness (QED) is 0.750. The van der Waals surface area contributed by atoms with E-state index in [0.717, 1.165) is 11.6 Å². The Morgan fingerprint density at radius 2 is 2.04 bits per heavy atom. The van der Waals surface area contributed by atoms with Crippen molar-refractivity contribution in [1.29, 1.82) is 0 Å². The number of hydrogen-bond donors (Lipinski definition) is 3. The minimum absolute atomic E-state index is 0.0239. The first kappa shape index (κ1) is 18.1. The maximum absolute atomic E-state index is 13.2. The fraction of sp³-hybridized carbons (Fsp3) is 0.294. The van der Waals surface area contributed by atoms with Crippen LogP contribution in [0.15, 0.2) is 30.3 Å². The van der Waals surface area contributed by atoms with E-state index in [2.05, 4.69) is 10.6 Å². The number of thiophene rings is 1. The van der Waals surface area contributed by atoms with Crippen LogP contribution in [-0.4, -0.2) is 24.4 Å². The normalized spacial score (nSPS) is 11.8. The first-order chi connectivity index (χ1) is 11.4. The molecule has 128 valence electrons. The van der Waals surface area contributed by atoms with E-state index in [1.165, 1.54) is 29.5 Å². The van der Waals surface area contributed by atoms with Gasteiger partial charge in [0, 0.05) is 18.2 Å². The Kier molecular flexibility index (Phi) is 6.05. The molecule has 2 amide bonds. The number of aryl methyl sites for hydroxylation is 1. The number of amides is 2. The average molecular weight is 349 g/mol. The highest BCUT2D eigenvalue weighted by atomic mass is 32.1. The molecule has 0 fully saturated rings. The van der Waals surface area contributed by atoms with E-state index in [4.69, 9.17) is 5.73 Å². The number of anilines is 1. The molecule has 1 unspecified atom stereocenters. The lowest BCUT2D eigenvalue weighted by Crippen LogP contribution is -2.28. The van der Waals surface area contributed by atoms with Crippen molar-refractivity contribution in [2.24, 2.45) is 5.73 Å². The Bertz CT molecular complexity index is 743. The Labute approximate surface area is 144 Å². The number of halogens is 1. The summed E-state index contributed by atoms with van der Waals surface area (Å²) in [5.74, 6) is -1.08. The molecule has 2 rings (SSSR count). The fourth-order valence-electron chi connectivity index (χ4n) is 2.08. The van der Waals surface area contributed by atoms with Crippen LogP contribution in [0.1, 0.15) is 38.9 Å². The third-order valence-electron chi connectivity index (χ3n) is 3.33. The van der Waals surface area contributed by atoms with Crippen LogP contribution < -0.4 is 16.4 Å². The van der Waals surface area contributed by atoms with Gasteiger partial charge in [0.05, 0.1) is 9.88 Å². The Balaban J connectivity index is 2.03. The highest BCUT2D eigenvalue weighted by Gasteiger charge is 2.15. The third-order valence-corrected chi connectivity index (χ3v) is 4.48. The molecule has 1 atom stereocenters. The van der Waals surface area contributed by atoms with Gasteiger partial charge < -0.3 is 16.4 Å². The van der Waals surface area contributed by atoms with Gasteiger partial charge in [-0.1, -0.05) is 6.07 Å². The summed E-state index contributed by atoms with van der Waals surface area (Å²) < 4.78 is 13.2. The Morgan fingerprint density at radius 1 is 1.29 bits per heavy atom. The molecule has 24 heavy (non-hydrogen) atoms. The second kappa shape index (κ2) is 8.03. The van der Waals surface area contributed by atoms with Gasteiger partial charge in [-0.05, 0) is 50.1 Å². The molecule has 0 saturated heterocycles. The van der Waals surface area contributed by atoms with Crippen molar-refractivity contribution in [3.05, 3.63) is 52.2 Å². The summed E-state index contributed by atoms with van der Waals surface area (Å²) in [6.07, 6.45) is 0.694. The zero-order valence-corrected chi connectivity index (χ0v) is 14.4. The van der Waals surface area contributed by atoms with E-state index in [1.807, 2.05) is 6.92 Å². The number of rotatable bonds is 6. The van der Waals surface area contributed by atoms with Crippen LogP contribution in [0, 0.1) is 12.7 Å². The summed E-state index contributed by atoms with van der Waals surface area (Å²) in [6.45, 7) is 4.18. The average Bonchev–Trinajstić information content (AvgIpc) is 2.87. The van der Waals surface area contributed by atoms with Crippen LogP contribution in [0.3, 0.4) is 0 Å². The van der Waals surface area contributed by atoms with Crippen molar-refractivity contribution in [3.8, 4) is 0 Å². The zero-order valence-electron chi connectivity index (χ0n) is 13.6. The van der Waals surface area contributed by atoms with Crippen LogP contribution in [0.2, 0.25) is 0 Å². The molecule has 2 aromatic rings. The molecule has 0 aliphatic heterocycles. The highest BCUT2D eigenvalue weighted by molar-refractivity contribution is 7.18. The Morgan fingerprint density at radius 3 is 2.71 bits per heavy atom. The molecule has 1 aromatic carbocycles. The predicted octanol–water partition coefficient (Wildman–Crippen LogP) is 2.92. The number of carbonyl (C=O) groups excluding carboxylic acids is 2. The first-order valence-electron chi connectivity index (χ1n) is 7.58. The summed E-state index contributed by atoms with van der Waals surface area (Å²) in [7, 11) is 0. The van der Waals surface area contributed by atoms with Crippen molar-refractivity contribution < 1.29 is 14.0 Å². The second-order valence-electron chi connectivity index (χ2n) is 5.61. The fourth-order valence-corrected chi connectivity index (χ4v) is 3.06. The van der Waals surface area contributed by atoms with Crippen molar-refractivity contribution in [2.75, 3.05) is 11.9 Å². The topological polar surface area (TPSA) is 84.2 Å². The predicted molar refractivity (Wildman–Crippen MR) is 94.0 cm³/mol. The van der Waals surface area contributed by atoms with Crippen LogP contribution in [-0.2, 0) is 0 Å². The zero-order chi connectivity index (χ0) is 17.7.